The van der Waals surface area contributed by atoms with Gasteiger partial charge >= 0.3 is 5.97 Å². The van der Waals surface area contributed by atoms with E-state index in [0.717, 1.165) is 10.6 Å². The summed E-state index contributed by atoms with van der Waals surface area (Å²) >= 11 is 0. The molecule has 0 atom stereocenters. The average Bonchev–Trinajstić information content (AvgIpc) is 3.26. The van der Waals surface area contributed by atoms with Crippen molar-refractivity contribution in [3.8, 4) is 0 Å². The SMILES string of the molecule is Nc1c(NCc2cc(CNC(=O)c3cc(C(=O)O)n4nncc4n3)ccc2F)c(=O)c1=O. The van der Waals surface area contributed by atoms with Crippen molar-refractivity contribution >= 4 is 28.9 Å². The Labute approximate surface area is 177 Å². The van der Waals surface area contributed by atoms with Gasteiger partial charge in [0.1, 0.15) is 22.9 Å². The third-order valence-corrected chi connectivity index (χ3v) is 4.69. The number of hydrogen-bond donors (Lipinski definition) is 4. The van der Waals surface area contributed by atoms with Crippen molar-refractivity contribution in [3.63, 3.8) is 0 Å². The number of aromatic carboxylic acids is 1. The number of halogens is 1. The maximum absolute atomic E-state index is 14.1. The van der Waals surface area contributed by atoms with Crippen LogP contribution in [0.15, 0.2) is 40.1 Å². The molecule has 4 aromatic rings. The maximum Gasteiger partial charge on any atom is 0.354 e. The molecular weight excluding hydrogens is 425 g/mol. The highest BCUT2D eigenvalue weighted by Gasteiger charge is 2.19. The Balaban J connectivity index is 1.47. The van der Waals surface area contributed by atoms with Gasteiger partial charge in [0.15, 0.2) is 11.3 Å². The Bertz CT molecular complexity index is 1450. The minimum Gasteiger partial charge on any atom is -0.477 e. The Morgan fingerprint density at radius 1 is 1.16 bits per heavy atom. The number of carboxylic acids is 1. The molecule has 1 amide bonds. The summed E-state index contributed by atoms with van der Waals surface area (Å²) in [5, 5.41) is 21.7. The third-order valence-electron chi connectivity index (χ3n) is 4.69. The number of rotatable bonds is 7. The normalized spacial score (nSPS) is 11.0. The molecule has 0 bridgehead atoms. The van der Waals surface area contributed by atoms with Crippen molar-refractivity contribution in [1.82, 2.24) is 25.1 Å². The van der Waals surface area contributed by atoms with Crippen molar-refractivity contribution in [3.05, 3.63) is 79.2 Å². The van der Waals surface area contributed by atoms with Crippen LogP contribution in [0.2, 0.25) is 0 Å². The molecule has 0 saturated heterocycles. The van der Waals surface area contributed by atoms with Gasteiger partial charge in [-0.05, 0) is 17.7 Å². The van der Waals surface area contributed by atoms with Gasteiger partial charge in [-0.2, -0.15) is 4.52 Å². The minimum absolute atomic E-state index is 0.0128. The molecule has 0 aliphatic carbocycles. The van der Waals surface area contributed by atoms with Crippen LogP contribution in [0, 0.1) is 5.82 Å². The second-order valence-corrected chi connectivity index (χ2v) is 6.74. The number of carboxylic acid groups (broad SMARTS) is 1. The lowest BCUT2D eigenvalue weighted by atomic mass is 10.1. The van der Waals surface area contributed by atoms with Gasteiger partial charge in [-0.25, -0.2) is 14.2 Å². The number of nitrogens with two attached hydrogens (primary N) is 1. The highest BCUT2D eigenvalue weighted by molar-refractivity contribution is 5.95. The third kappa shape index (κ3) is 3.62. The lowest BCUT2D eigenvalue weighted by Gasteiger charge is -2.12. The van der Waals surface area contributed by atoms with Crippen LogP contribution >= 0.6 is 0 Å². The topological polar surface area (TPSA) is 182 Å². The molecule has 0 aliphatic heterocycles. The number of carbonyl (C=O) groups excluding carboxylic acids is 1. The van der Waals surface area contributed by atoms with Gasteiger partial charge in [0.25, 0.3) is 16.8 Å². The molecule has 2 aromatic heterocycles. The standard InChI is InChI=1S/C19H14FN7O5/c20-10-2-1-8(3-9(10)6-22-15-14(21)16(28)17(15)29)5-23-18(30)11-4-12(19(31)32)27-13(25-11)7-24-26-27/h1-4,7,22H,5-6,21H2,(H,23,30)(H,31,32). The molecule has 0 saturated carbocycles. The molecule has 0 spiro atoms. The van der Waals surface area contributed by atoms with E-state index in [2.05, 4.69) is 25.9 Å². The Morgan fingerprint density at radius 2 is 1.94 bits per heavy atom. The first-order valence-corrected chi connectivity index (χ1v) is 9.09. The Hall–Kier alpha value is -4.68. The summed E-state index contributed by atoms with van der Waals surface area (Å²) in [4.78, 5) is 50.5. The molecule has 2 aromatic carbocycles. The average molecular weight is 439 g/mol. The van der Waals surface area contributed by atoms with E-state index in [1.54, 1.807) is 0 Å². The van der Waals surface area contributed by atoms with Crippen molar-refractivity contribution in [2.75, 3.05) is 11.1 Å². The van der Waals surface area contributed by atoms with E-state index >= 15 is 0 Å². The largest absolute Gasteiger partial charge is 0.477 e. The molecule has 0 unspecified atom stereocenters. The number of aromatic nitrogens is 4. The number of nitrogens with zero attached hydrogens (tertiary/aromatic N) is 4. The predicted octanol–water partition coefficient (Wildman–Crippen LogP) is -0.318. The number of nitrogens with one attached hydrogen (secondary N) is 2. The summed E-state index contributed by atoms with van der Waals surface area (Å²) in [6.45, 7) is -0.113. The summed E-state index contributed by atoms with van der Waals surface area (Å²) in [5.41, 5.74) is 3.99. The zero-order chi connectivity index (χ0) is 23.0. The molecule has 12 nitrogen and oxygen atoms in total. The van der Waals surface area contributed by atoms with Gasteiger partial charge in [0, 0.05) is 24.7 Å². The van der Waals surface area contributed by atoms with Crippen LogP contribution in [0.5, 0.6) is 0 Å². The summed E-state index contributed by atoms with van der Waals surface area (Å²) in [6.07, 6.45) is 1.21. The van der Waals surface area contributed by atoms with Gasteiger partial charge in [-0.15, -0.1) is 5.10 Å². The Kier molecular flexibility index (Phi) is 5.06. The fourth-order valence-electron chi connectivity index (χ4n) is 3.01. The molecule has 0 fully saturated rings. The first kappa shape index (κ1) is 20.6. The zero-order valence-corrected chi connectivity index (χ0v) is 16.1. The highest BCUT2D eigenvalue weighted by atomic mass is 19.1. The van der Waals surface area contributed by atoms with Crippen molar-refractivity contribution < 1.29 is 19.1 Å². The number of amides is 1. The van der Waals surface area contributed by atoms with Crippen molar-refractivity contribution in [2.24, 2.45) is 0 Å². The van der Waals surface area contributed by atoms with Crippen molar-refractivity contribution in [2.45, 2.75) is 13.1 Å². The van der Waals surface area contributed by atoms with E-state index in [4.69, 9.17) is 5.73 Å². The van der Waals surface area contributed by atoms with E-state index in [0.29, 0.717) is 5.56 Å². The first-order valence-electron chi connectivity index (χ1n) is 9.09. The van der Waals surface area contributed by atoms with E-state index in [-0.39, 0.29) is 47.1 Å². The van der Waals surface area contributed by atoms with Gasteiger partial charge in [0.05, 0.1) is 6.20 Å². The van der Waals surface area contributed by atoms with Gasteiger partial charge in [-0.1, -0.05) is 11.3 Å². The van der Waals surface area contributed by atoms with Crippen LogP contribution in [-0.2, 0) is 13.1 Å². The number of carbonyl (C=O) groups is 2. The molecular formula is C19H14FN7O5. The monoisotopic (exact) mass is 439 g/mol. The minimum atomic E-state index is -1.31. The van der Waals surface area contributed by atoms with E-state index < -0.39 is 28.6 Å². The van der Waals surface area contributed by atoms with E-state index in [1.807, 2.05) is 0 Å². The number of anilines is 2. The zero-order valence-electron chi connectivity index (χ0n) is 16.1. The number of fused-ring (bicyclic) bond motifs is 1. The van der Waals surface area contributed by atoms with Gasteiger partial charge < -0.3 is 21.5 Å². The molecule has 5 N–H and O–H groups in total. The summed E-state index contributed by atoms with van der Waals surface area (Å²) in [5.74, 6) is -2.52. The van der Waals surface area contributed by atoms with Crippen molar-refractivity contribution in [1.29, 1.82) is 0 Å². The summed E-state index contributed by atoms with van der Waals surface area (Å²) < 4.78 is 15.1. The molecule has 0 radical (unpaired) electrons. The smallest absolute Gasteiger partial charge is 0.354 e. The molecule has 4 rings (SSSR count). The van der Waals surface area contributed by atoms with Crippen LogP contribution in [0.25, 0.3) is 5.65 Å². The fraction of sp³-hybridized carbons (Fsp3) is 0.105. The lowest BCUT2D eigenvalue weighted by molar-refractivity contribution is 0.0687. The number of nitrogen functional groups attached to an aromatic ring is 1. The van der Waals surface area contributed by atoms with Crippen LogP contribution < -0.4 is 27.2 Å². The Morgan fingerprint density at radius 3 is 2.66 bits per heavy atom. The molecule has 0 aliphatic rings. The molecule has 32 heavy (non-hydrogen) atoms. The van der Waals surface area contributed by atoms with Crippen LogP contribution in [-0.4, -0.2) is 36.8 Å². The highest BCUT2D eigenvalue weighted by Crippen LogP contribution is 2.15. The van der Waals surface area contributed by atoms with Crippen LogP contribution in [0.3, 0.4) is 0 Å². The quantitative estimate of drug-likeness (QED) is 0.279. The van der Waals surface area contributed by atoms with Gasteiger partial charge in [0.2, 0.25) is 0 Å². The lowest BCUT2D eigenvalue weighted by Crippen LogP contribution is -2.37. The van der Waals surface area contributed by atoms with Gasteiger partial charge in [-0.3, -0.25) is 14.4 Å². The fourth-order valence-corrected chi connectivity index (χ4v) is 3.01. The molecule has 13 heteroatoms. The van der Waals surface area contributed by atoms with E-state index in [1.165, 1.54) is 24.4 Å². The van der Waals surface area contributed by atoms with Crippen LogP contribution in [0.1, 0.15) is 32.1 Å². The second kappa shape index (κ2) is 7.86. The molecule has 162 valence electrons. The second-order valence-electron chi connectivity index (χ2n) is 6.74. The number of hydrogen-bond acceptors (Lipinski definition) is 9. The first-order chi connectivity index (χ1) is 15.3. The van der Waals surface area contributed by atoms with Crippen LogP contribution in [0.4, 0.5) is 15.8 Å². The summed E-state index contributed by atoms with van der Waals surface area (Å²) in [6, 6.07) is 5.17. The van der Waals surface area contributed by atoms with E-state index in [9.17, 15) is 28.7 Å². The molecule has 2 heterocycles. The summed E-state index contributed by atoms with van der Waals surface area (Å²) in [7, 11) is 0. The predicted molar refractivity (Wildman–Crippen MR) is 108 cm³/mol. The number of benzene rings is 1. The maximum atomic E-state index is 14.1.